The molecule has 4 atom stereocenters. The smallest absolute Gasteiger partial charge is 0.239 e. The molecule has 11 heteroatoms. The second kappa shape index (κ2) is 9.62. The highest BCUT2D eigenvalue weighted by Crippen LogP contribution is 2.38. The summed E-state index contributed by atoms with van der Waals surface area (Å²) < 4.78 is 33.6. The minimum atomic E-state index is -3.66. The molecule has 1 saturated carbocycles. The third kappa shape index (κ3) is 4.90. The largest absolute Gasteiger partial charge is 0.489 e. The van der Waals surface area contributed by atoms with E-state index in [4.69, 9.17) is 4.74 Å². The van der Waals surface area contributed by atoms with Crippen LogP contribution in [0.15, 0.2) is 18.2 Å². The molecule has 4 rings (SSSR count). The fraction of sp³-hybridized carbons (Fsp3) is 0.696. The van der Waals surface area contributed by atoms with Gasteiger partial charge >= 0.3 is 0 Å². The maximum atomic E-state index is 13.3. The van der Waals surface area contributed by atoms with Gasteiger partial charge in [0.1, 0.15) is 12.4 Å². The summed E-state index contributed by atoms with van der Waals surface area (Å²) in [5, 5.41) is 12.0. The second-order valence-electron chi connectivity index (χ2n) is 10.4. The molecule has 190 valence electrons. The van der Waals surface area contributed by atoms with Crippen LogP contribution in [-0.2, 0) is 14.8 Å². The Kier molecular flexibility index (Phi) is 7.12. The average molecular weight is 496 g/mol. The summed E-state index contributed by atoms with van der Waals surface area (Å²) in [5.74, 6) is 0.799. The first-order valence-electron chi connectivity index (χ1n) is 11.9. The summed E-state index contributed by atoms with van der Waals surface area (Å²) in [6.45, 7) is 7.63. The number of carbonyl (C=O) groups is 1. The molecule has 34 heavy (non-hydrogen) atoms. The van der Waals surface area contributed by atoms with Crippen LogP contribution in [0, 0.1) is 11.8 Å². The van der Waals surface area contributed by atoms with Crippen molar-refractivity contribution >= 4 is 27.3 Å². The number of benzene rings is 1. The number of aliphatic hydroxyl groups excluding tert-OH is 1. The van der Waals surface area contributed by atoms with Crippen molar-refractivity contribution < 1.29 is 23.1 Å². The van der Waals surface area contributed by atoms with E-state index in [1.54, 1.807) is 12.1 Å². The van der Waals surface area contributed by atoms with Gasteiger partial charge in [-0.1, -0.05) is 6.92 Å². The number of hydrogen-bond donors (Lipinski definition) is 4. The Morgan fingerprint density at radius 2 is 2.12 bits per heavy atom. The number of ether oxygens (including phenoxy) is 1. The lowest BCUT2D eigenvalue weighted by atomic mass is 9.79. The van der Waals surface area contributed by atoms with Crippen molar-refractivity contribution in [2.45, 2.75) is 50.4 Å². The van der Waals surface area contributed by atoms with Crippen molar-refractivity contribution in [1.82, 2.24) is 15.2 Å². The molecule has 0 aromatic heterocycles. The zero-order chi connectivity index (χ0) is 24.7. The number of amides is 1. The van der Waals surface area contributed by atoms with Gasteiger partial charge in [0.05, 0.1) is 36.2 Å². The molecule has 4 N–H and O–H groups in total. The Labute approximate surface area is 202 Å². The van der Waals surface area contributed by atoms with Crippen molar-refractivity contribution in [3.05, 3.63) is 18.2 Å². The summed E-state index contributed by atoms with van der Waals surface area (Å²) >= 11 is 0. The Balaban J connectivity index is 1.42. The number of anilines is 2. The maximum absolute atomic E-state index is 13.3. The van der Waals surface area contributed by atoms with Crippen LogP contribution in [0.5, 0.6) is 5.75 Å². The van der Waals surface area contributed by atoms with Crippen molar-refractivity contribution in [3.8, 4) is 5.75 Å². The van der Waals surface area contributed by atoms with E-state index in [9.17, 15) is 18.3 Å². The predicted octanol–water partition coefficient (Wildman–Crippen LogP) is 0.748. The quantitative estimate of drug-likeness (QED) is 0.437. The second-order valence-corrected chi connectivity index (χ2v) is 12.7. The minimum absolute atomic E-state index is 0.00130. The van der Waals surface area contributed by atoms with Crippen molar-refractivity contribution in [2.75, 3.05) is 50.1 Å². The Bertz CT molecular complexity index is 1020. The van der Waals surface area contributed by atoms with Gasteiger partial charge in [0, 0.05) is 31.4 Å². The van der Waals surface area contributed by atoms with Gasteiger partial charge in [-0.2, -0.15) is 4.31 Å². The van der Waals surface area contributed by atoms with E-state index < -0.39 is 26.7 Å². The topological polar surface area (TPSA) is 123 Å². The number of rotatable bonds is 7. The van der Waals surface area contributed by atoms with Gasteiger partial charge < -0.3 is 20.1 Å². The van der Waals surface area contributed by atoms with Crippen LogP contribution in [0.4, 0.5) is 11.4 Å². The van der Waals surface area contributed by atoms with E-state index >= 15 is 0 Å². The molecule has 2 fully saturated rings. The number of likely N-dealkylation sites (N-methyl/N-ethyl adjacent to an activating group) is 1. The lowest BCUT2D eigenvalue weighted by molar-refractivity contribution is -0.116. The molecule has 1 amide bonds. The summed E-state index contributed by atoms with van der Waals surface area (Å²) in [4.78, 5) is 14.8. The van der Waals surface area contributed by atoms with Gasteiger partial charge in [0.2, 0.25) is 15.9 Å². The van der Waals surface area contributed by atoms with E-state index in [1.807, 2.05) is 19.9 Å². The van der Waals surface area contributed by atoms with Crippen molar-refractivity contribution in [2.24, 2.45) is 11.8 Å². The van der Waals surface area contributed by atoms with Gasteiger partial charge in [-0.05, 0) is 50.7 Å². The van der Waals surface area contributed by atoms with Gasteiger partial charge in [0.25, 0.3) is 0 Å². The molecule has 3 aliphatic rings. The van der Waals surface area contributed by atoms with E-state index in [2.05, 4.69) is 28.0 Å². The minimum Gasteiger partial charge on any atom is -0.489 e. The van der Waals surface area contributed by atoms with Crippen LogP contribution in [0.25, 0.3) is 0 Å². The third-order valence-electron chi connectivity index (χ3n) is 7.29. The van der Waals surface area contributed by atoms with E-state index in [0.29, 0.717) is 36.9 Å². The van der Waals surface area contributed by atoms with Crippen LogP contribution < -0.4 is 25.8 Å². The molecule has 2 heterocycles. The fourth-order valence-corrected chi connectivity index (χ4v) is 7.37. The molecule has 10 nitrogen and oxygen atoms in total. The molecule has 0 radical (unpaired) electrons. The number of aliphatic hydroxyl groups is 1. The number of hydrazine groups is 1. The Morgan fingerprint density at radius 3 is 2.85 bits per heavy atom. The molecule has 1 saturated heterocycles. The SMILES string of the molecule is CC1CC2CNNC2C(S(=O)(=O)N(C)CC(=O)Nc2ccc3c(c2)OCCN3C(C)(C)CO)C1. The molecule has 4 unspecified atom stereocenters. The number of nitrogens with zero attached hydrogens (tertiary/aromatic N) is 2. The molecule has 2 aliphatic heterocycles. The number of carbonyl (C=O) groups excluding carboxylic acids is 1. The molecule has 1 aromatic rings. The lowest BCUT2D eigenvalue weighted by Gasteiger charge is -2.42. The number of hydrogen-bond acceptors (Lipinski definition) is 8. The Hall–Kier alpha value is -1.92. The maximum Gasteiger partial charge on any atom is 0.239 e. The van der Waals surface area contributed by atoms with E-state index in [1.165, 1.54) is 11.4 Å². The summed E-state index contributed by atoms with van der Waals surface area (Å²) in [6, 6.07) is 5.21. The fourth-order valence-electron chi connectivity index (χ4n) is 5.38. The summed E-state index contributed by atoms with van der Waals surface area (Å²) in [6.07, 6.45) is 1.57. The van der Waals surface area contributed by atoms with Crippen molar-refractivity contribution in [3.63, 3.8) is 0 Å². The molecular formula is C23H37N5O5S. The van der Waals surface area contributed by atoms with Gasteiger partial charge in [-0.25, -0.2) is 8.42 Å². The highest BCUT2D eigenvalue weighted by molar-refractivity contribution is 7.89. The average Bonchev–Trinajstić information content (AvgIpc) is 3.26. The van der Waals surface area contributed by atoms with Crippen LogP contribution in [-0.4, -0.2) is 80.5 Å². The molecule has 1 aromatic carbocycles. The van der Waals surface area contributed by atoms with E-state index in [-0.39, 0.29) is 25.1 Å². The summed E-state index contributed by atoms with van der Waals surface area (Å²) in [5.41, 5.74) is 7.18. The summed E-state index contributed by atoms with van der Waals surface area (Å²) in [7, 11) is -2.19. The van der Waals surface area contributed by atoms with Crippen LogP contribution in [0.2, 0.25) is 0 Å². The van der Waals surface area contributed by atoms with Gasteiger partial charge in [-0.15, -0.1) is 0 Å². The molecule has 1 aliphatic carbocycles. The van der Waals surface area contributed by atoms with Crippen LogP contribution in [0.1, 0.15) is 33.6 Å². The van der Waals surface area contributed by atoms with Crippen LogP contribution >= 0.6 is 0 Å². The first kappa shape index (κ1) is 25.2. The zero-order valence-corrected chi connectivity index (χ0v) is 21.2. The normalized spacial score (nSPS) is 27.2. The van der Waals surface area contributed by atoms with E-state index in [0.717, 1.165) is 18.7 Å². The first-order valence-corrected chi connectivity index (χ1v) is 13.4. The van der Waals surface area contributed by atoms with Gasteiger partial charge in [-0.3, -0.25) is 15.6 Å². The number of nitrogens with one attached hydrogen (secondary N) is 3. The highest BCUT2D eigenvalue weighted by Gasteiger charge is 2.47. The van der Waals surface area contributed by atoms with Crippen LogP contribution in [0.3, 0.4) is 0 Å². The zero-order valence-electron chi connectivity index (χ0n) is 20.4. The standard InChI is InChI=1S/C23H37N5O5S/c1-15-9-16-12-24-26-22(16)20(10-15)34(31,32)27(4)13-21(30)25-17-5-6-18-19(11-17)33-8-7-28(18)23(2,3)14-29/h5-6,11,15-16,20,22,24,26,29H,7-10,12-14H2,1-4H3,(H,25,30). The lowest BCUT2D eigenvalue weighted by Crippen LogP contribution is -2.53. The predicted molar refractivity (Wildman–Crippen MR) is 131 cm³/mol. The van der Waals surface area contributed by atoms with Crippen molar-refractivity contribution in [1.29, 1.82) is 0 Å². The molecular weight excluding hydrogens is 458 g/mol. The first-order chi connectivity index (χ1) is 16.0. The third-order valence-corrected chi connectivity index (χ3v) is 9.54. The molecule has 0 bridgehead atoms. The Morgan fingerprint density at radius 1 is 1.35 bits per heavy atom. The van der Waals surface area contributed by atoms with Gasteiger partial charge in [0.15, 0.2) is 0 Å². The highest BCUT2D eigenvalue weighted by atomic mass is 32.2. The monoisotopic (exact) mass is 495 g/mol. The molecule has 0 spiro atoms. The number of sulfonamides is 1. The number of fused-ring (bicyclic) bond motifs is 2.